The molecule has 1 atom stereocenters. The molecule has 128 valence electrons. The number of aromatic nitrogens is 4. The van der Waals surface area contributed by atoms with E-state index in [1.807, 2.05) is 11.9 Å². The van der Waals surface area contributed by atoms with Crippen LogP contribution in [-0.2, 0) is 15.1 Å². The Hall–Kier alpha value is -1.54. The highest BCUT2D eigenvalue weighted by molar-refractivity contribution is 5.77. The molecule has 0 spiro atoms. The third-order valence-corrected chi connectivity index (χ3v) is 5.28. The Morgan fingerprint density at radius 1 is 1.43 bits per heavy atom. The highest BCUT2D eigenvalue weighted by atomic mass is 16.5. The summed E-state index contributed by atoms with van der Waals surface area (Å²) in [5, 5.41) is 11.6. The van der Waals surface area contributed by atoms with Crippen LogP contribution in [0.4, 0.5) is 0 Å². The van der Waals surface area contributed by atoms with Crippen molar-refractivity contribution in [1.82, 2.24) is 30.0 Å². The molecule has 8 heteroatoms. The lowest BCUT2D eigenvalue weighted by atomic mass is 9.86. The van der Waals surface area contributed by atoms with Crippen molar-refractivity contribution in [2.24, 2.45) is 0 Å². The summed E-state index contributed by atoms with van der Waals surface area (Å²) in [5.41, 5.74) is -0.354. The number of ether oxygens (including phenoxy) is 1. The van der Waals surface area contributed by atoms with E-state index in [0.29, 0.717) is 25.7 Å². The molecule has 2 saturated heterocycles. The lowest BCUT2D eigenvalue weighted by Gasteiger charge is -2.40. The third-order valence-electron chi connectivity index (χ3n) is 5.28. The molecule has 3 rings (SSSR count). The second kappa shape index (κ2) is 6.92. The molecule has 1 aromatic heterocycles. The van der Waals surface area contributed by atoms with Crippen molar-refractivity contribution in [2.75, 3.05) is 40.4 Å². The molecule has 2 aliphatic heterocycles. The molecule has 0 aromatic carbocycles. The van der Waals surface area contributed by atoms with Crippen LogP contribution in [-0.4, -0.2) is 82.4 Å². The fraction of sp³-hybridized carbons (Fsp3) is 0.867. The van der Waals surface area contributed by atoms with Gasteiger partial charge in [0.1, 0.15) is 6.33 Å². The third kappa shape index (κ3) is 3.53. The van der Waals surface area contributed by atoms with Crippen LogP contribution < -0.4 is 0 Å². The Bertz CT molecular complexity index is 514. The van der Waals surface area contributed by atoms with Crippen LogP contribution >= 0.6 is 0 Å². The van der Waals surface area contributed by atoms with E-state index in [2.05, 4.69) is 27.5 Å². The van der Waals surface area contributed by atoms with Gasteiger partial charge in [-0.2, -0.15) is 0 Å². The van der Waals surface area contributed by atoms with Gasteiger partial charge in [0.05, 0.1) is 12.0 Å². The number of carbonyl (C=O) groups excluding carboxylic acids is 1. The first-order valence-corrected chi connectivity index (χ1v) is 8.36. The first-order valence-electron chi connectivity index (χ1n) is 8.36. The van der Waals surface area contributed by atoms with Crippen LogP contribution in [0.15, 0.2) is 6.33 Å². The van der Waals surface area contributed by atoms with E-state index >= 15 is 0 Å². The molecular weight excluding hydrogens is 296 g/mol. The Balaban J connectivity index is 1.71. The van der Waals surface area contributed by atoms with Gasteiger partial charge in [-0.1, -0.05) is 0 Å². The number of carbonyl (C=O) groups is 1. The first-order chi connectivity index (χ1) is 11.1. The van der Waals surface area contributed by atoms with E-state index in [4.69, 9.17) is 4.74 Å². The summed E-state index contributed by atoms with van der Waals surface area (Å²) in [5.74, 6) is 0.169. The maximum atomic E-state index is 12.9. The molecule has 2 aliphatic rings. The van der Waals surface area contributed by atoms with Gasteiger partial charge in [-0.25, -0.2) is 4.68 Å². The smallest absolute Gasteiger partial charge is 0.225 e. The molecule has 1 amide bonds. The molecule has 0 saturated carbocycles. The van der Waals surface area contributed by atoms with Crippen molar-refractivity contribution in [1.29, 1.82) is 0 Å². The van der Waals surface area contributed by atoms with Gasteiger partial charge >= 0.3 is 0 Å². The average Bonchev–Trinajstić information content (AvgIpc) is 3.10. The van der Waals surface area contributed by atoms with Crippen molar-refractivity contribution in [3.63, 3.8) is 0 Å². The summed E-state index contributed by atoms with van der Waals surface area (Å²) in [4.78, 5) is 17.1. The minimum Gasteiger partial charge on any atom is -0.381 e. The minimum atomic E-state index is -0.354. The summed E-state index contributed by atoms with van der Waals surface area (Å²) >= 11 is 0. The van der Waals surface area contributed by atoms with Gasteiger partial charge in [0.15, 0.2) is 0 Å². The topological polar surface area (TPSA) is 76.4 Å². The van der Waals surface area contributed by atoms with Crippen molar-refractivity contribution >= 4 is 5.91 Å². The monoisotopic (exact) mass is 322 g/mol. The standard InChI is InChI=1S/C15H26N6O2/c1-19-7-3-4-13(11-19)20(2)14(22)10-15(5-8-23-9-6-15)21-12-16-17-18-21/h12-13H,3-11H2,1-2H3. The summed E-state index contributed by atoms with van der Waals surface area (Å²) in [7, 11) is 4.05. The summed E-state index contributed by atoms with van der Waals surface area (Å²) in [6, 6.07) is 0.298. The van der Waals surface area contributed by atoms with Crippen molar-refractivity contribution in [2.45, 2.75) is 43.7 Å². The predicted octanol–water partition coefficient (Wildman–Crippen LogP) is 0.122. The number of amides is 1. The van der Waals surface area contributed by atoms with E-state index in [9.17, 15) is 4.79 Å². The van der Waals surface area contributed by atoms with Gasteiger partial charge in [0, 0.05) is 32.8 Å². The van der Waals surface area contributed by atoms with Gasteiger partial charge in [0.25, 0.3) is 0 Å². The van der Waals surface area contributed by atoms with E-state index in [1.165, 1.54) is 0 Å². The van der Waals surface area contributed by atoms with E-state index < -0.39 is 0 Å². The van der Waals surface area contributed by atoms with Crippen LogP contribution in [0, 0.1) is 0 Å². The average molecular weight is 322 g/mol. The minimum absolute atomic E-state index is 0.169. The molecular formula is C15H26N6O2. The van der Waals surface area contributed by atoms with Crippen molar-refractivity contribution < 1.29 is 9.53 Å². The summed E-state index contributed by atoms with van der Waals surface area (Å²) in [6.45, 7) is 3.35. The molecule has 8 nitrogen and oxygen atoms in total. The van der Waals surface area contributed by atoms with Crippen LogP contribution in [0.3, 0.4) is 0 Å². The van der Waals surface area contributed by atoms with Gasteiger partial charge in [0.2, 0.25) is 5.91 Å². The van der Waals surface area contributed by atoms with Gasteiger partial charge in [-0.3, -0.25) is 4.79 Å². The number of tetrazole rings is 1. The second-order valence-electron chi connectivity index (χ2n) is 6.83. The predicted molar refractivity (Wildman–Crippen MR) is 83.8 cm³/mol. The molecule has 1 aromatic rings. The number of piperidine rings is 1. The summed E-state index contributed by atoms with van der Waals surface area (Å²) < 4.78 is 7.24. The zero-order chi connectivity index (χ0) is 16.3. The largest absolute Gasteiger partial charge is 0.381 e. The van der Waals surface area contributed by atoms with E-state index in [1.54, 1.807) is 11.0 Å². The lowest BCUT2D eigenvalue weighted by Crippen LogP contribution is -2.50. The zero-order valence-corrected chi connectivity index (χ0v) is 14.0. The van der Waals surface area contributed by atoms with E-state index in [-0.39, 0.29) is 11.4 Å². The Labute approximate surface area is 136 Å². The Morgan fingerprint density at radius 3 is 2.87 bits per heavy atom. The number of nitrogens with zero attached hydrogens (tertiary/aromatic N) is 6. The summed E-state index contributed by atoms with van der Waals surface area (Å²) in [6.07, 6.45) is 5.80. The van der Waals surface area contributed by atoms with Crippen molar-refractivity contribution in [3.05, 3.63) is 6.33 Å². The van der Waals surface area contributed by atoms with Gasteiger partial charge in [-0.05, 0) is 49.7 Å². The normalized spacial score (nSPS) is 25.2. The van der Waals surface area contributed by atoms with Gasteiger partial charge < -0.3 is 14.5 Å². The second-order valence-corrected chi connectivity index (χ2v) is 6.83. The highest BCUT2D eigenvalue weighted by Gasteiger charge is 2.39. The zero-order valence-electron chi connectivity index (χ0n) is 14.0. The Kier molecular flexibility index (Phi) is 4.91. The molecule has 0 radical (unpaired) electrons. The van der Waals surface area contributed by atoms with Crippen LogP contribution in [0.2, 0.25) is 0 Å². The molecule has 1 unspecified atom stereocenters. The van der Waals surface area contributed by atoms with Gasteiger partial charge in [-0.15, -0.1) is 5.10 Å². The maximum Gasteiger partial charge on any atom is 0.225 e. The fourth-order valence-electron chi connectivity index (χ4n) is 3.68. The number of hydrogen-bond acceptors (Lipinski definition) is 6. The molecule has 3 heterocycles. The number of hydrogen-bond donors (Lipinski definition) is 0. The van der Waals surface area contributed by atoms with Crippen molar-refractivity contribution in [3.8, 4) is 0 Å². The quantitative estimate of drug-likeness (QED) is 0.784. The molecule has 2 fully saturated rings. The lowest BCUT2D eigenvalue weighted by molar-refractivity contribution is -0.137. The number of rotatable bonds is 4. The number of likely N-dealkylation sites (tertiary alicyclic amines) is 1. The first kappa shape index (κ1) is 16.3. The Morgan fingerprint density at radius 2 is 2.22 bits per heavy atom. The number of likely N-dealkylation sites (N-methyl/N-ethyl adjacent to an activating group) is 2. The SMILES string of the molecule is CN1CCCC(N(C)C(=O)CC2(n3cnnn3)CCOCC2)C1. The molecule has 0 aliphatic carbocycles. The van der Waals surface area contributed by atoms with E-state index in [0.717, 1.165) is 38.8 Å². The van der Waals surface area contributed by atoms with Crippen LogP contribution in [0.5, 0.6) is 0 Å². The maximum absolute atomic E-state index is 12.9. The van der Waals surface area contributed by atoms with Crippen LogP contribution in [0.1, 0.15) is 32.1 Å². The van der Waals surface area contributed by atoms with Crippen LogP contribution in [0.25, 0.3) is 0 Å². The molecule has 23 heavy (non-hydrogen) atoms. The molecule has 0 bridgehead atoms. The fourth-order valence-corrected chi connectivity index (χ4v) is 3.68. The highest BCUT2D eigenvalue weighted by Crippen LogP contribution is 2.32. The molecule has 0 N–H and O–H groups in total.